The normalized spacial score (nSPS) is 12.2. The first-order valence-corrected chi connectivity index (χ1v) is 7.84. The fourth-order valence-corrected chi connectivity index (χ4v) is 2.22. The van der Waals surface area contributed by atoms with E-state index in [4.69, 9.17) is 4.42 Å². The number of oxazole rings is 1. The number of halogens is 2. The third-order valence-electron chi connectivity index (χ3n) is 3.47. The molecule has 2 aromatic rings. The van der Waals surface area contributed by atoms with E-state index in [1.807, 2.05) is 6.92 Å². The molecule has 1 amide bonds. The van der Waals surface area contributed by atoms with Crippen molar-refractivity contribution >= 4 is 5.91 Å². The predicted octanol–water partition coefficient (Wildman–Crippen LogP) is 2.83. The monoisotopic (exact) mass is 338 g/mol. The molecule has 0 aliphatic heterocycles. The molecule has 0 saturated carbocycles. The van der Waals surface area contributed by atoms with Gasteiger partial charge < -0.3 is 14.8 Å². The van der Waals surface area contributed by atoms with Crippen LogP contribution in [0, 0.1) is 11.6 Å². The topological polar surface area (TPSA) is 75.4 Å². The average Bonchev–Trinajstić information content (AvgIpc) is 3.00. The maximum Gasteiger partial charge on any atom is 0.220 e. The molecule has 0 fully saturated rings. The molecule has 2 rings (SSSR count). The molecule has 1 unspecified atom stereocenters. The predicted molar refractivity (Wildman–Crippen MR) is 84.1 cm³/mol. The molecule has 0 bridgehead atoms. The average molecular weight is 338 g/mol. The summed E-state index contributed by atoms with van der Waals surface area (Å²) in [5.74, 6) is -1.16. The zero-order chi connectivity index (χ0) is 17.5. The minimum Gasteiger partial charge on any atom is -0.441 e. The van der Waals surface area contributed by atoms with Gasteiger partial charge in [-0.05, 0) is 18.6 Å². The van der Waals surface area contributed by atoms with Crippen molar-refractivity contribution in [1.29, 1.82) is 0 Å². The van der Waals surface area contributed by atoms with E-state index in [0.717, 1.165) is 18.6 Å². The van der Waals surface area contributed by atoms with Gasteiger partial charge in [-0.25, -0.2) is 13.8 Å². The Hall–Kier alpha value is -2.28. The van der Waals surface area contributed by atoms with E-state index in [0.29, 0.717) is 6.42 Å². The molecule has 7 heteroatoms. The van der Waals surface area contributed by atoms with Crippen LogP contribution in [-0.2, 0) is 11.2 Å². The number of hydrogen-bond donors (Lipinski definition) is 2. The minimum absolute atomic E-state index is 0.113. The molecule has 5 nitrogen and oxygen atoms in total. The molecule has 1 heterocycles. The van der Waals surface area contributed by atoms with Crippen LogP contribution in [0.5, 0.6) is 0 Å². The van der Waals surface area contributed by atoms with E-state index in [-0.39, 0.29) is 42.5 Å². The zero-order valence-electron chi connectivity index (χ0n) is 13.4. The molecule has 0 spiro atoms. The molecule has 1 aromatic carbocycles. The number of rotatable bonds is 8. The van der Waals surface area contributed by atoms with Crippen LogP contribution in [0.15, 0.2) is 28.8 Å². The number of aliphatic hydroxyl groups excluding tert-OH is 1. The Morgan fingerprint density at radius 2 is 2.21 bits per heavy atom. The third-order valence-corrected chi connectivity index (χ3v) is 3.47. The van der Waals surface area contributed by atoms with E-state index < -0.39 is 17.7 Å². The van der Waals surface area contributed by atoms with E-state index in [1.165, 1.54) is 12.3 Å². The lowest BCUT2D eigenvalue weighted by Gasteiger charge is -2.10. The van der Waals surface area contributed by atoms with Crippen LogP contribution in [0.4, 0.5) is 8.78 Å². The van der Waals surface area contributed by atoms with Crippen molar-refractivity contribution < 1.29 is 23.1 Å². The number of carbonyl (C=O) groups is 1. The summed E-state index contributed by atoms with van der Waals surface area (Å²) in [5.41, 5.74) is 0.113. The van der Waals surface area contributed by atoms with Gasteiger partial charge >= 0.3 is 0 Å². The van der Waals surface area contributed by atoms with Crippen molar-refractivity contribution in [2.45, 2.75) is 38.7 Å². The highest BCUT2D eigenvalue weighted by molar-refractivity contribution is 5.76. The Bertz CT molecular complexity index is 688. The van der Waals surface area contributed by atoms with Crippen molar-refractivity contribution in [3.05, 3.63) is 41.9 Å². The lowest BCUT2D eigenvalue weighted by molar-refractivity contribution is -0.121. The molecule has 0 aliphatic carbocycles. The molecule has 0 saturated heterocycles. The van der Waals surface area contributed by atoms with Crippen LogP contribution in [0.2, 0.25) is 0 Å². The van der Waals surface area contributed by atoms with Crippen molar-refractivity contribution in [2.24, 2.45) is 0 Å². The van der Waals surface area contributed by atoms with Gasteiger partial charge in [0.25, 0.3) is 0 Å². The van der Waals surface area contributed by atoms with E-state index in [9.17, 15) is 18.7 Å². The standard InChI is InChI=1S/C17H20F2N2O3/c1-2-3-12(22)9-20-16(23)6-7-17-21-10-15(24-17)13-5-4-11(18)8-14(13)19/h4-5,8,10,12,22H,2-3,6-7,9H2,1H3,(H,20,23). The summed E-state index contributed by atoms with van der Waals surface area (Å²) < 4.78 is 32.0. The van der Waals surface area contributed by atoms with Crippen molar-refractivity contribution in [3.8, 4) is 11.3 Å². The van der Waals surface area contributed by atoms with Crippen molar-refractivity contribution in [3.63, 3.8) is 0 Å². The van der Waals surface area contributed by atoms with Gasteiger partial charge in [0.2, 0.25) is 5.91 Å². The fraction of sp³-hybridized carbons (Fsp3) is 0.412. The van der Waals surface area contributed by atoms with Gasteiger partial charge in [0.05, 0.1) is 17.9 Å². The van der Waals surface area contributed by atoms with Crippen LogP contribution in [-0.4, -0.2) is 28.6 Å². The van der Waals surface area contributed by atoms with Crippen LogP contribution in [0.3, 0.4) is 0 Å². The number of aromatic nitrogens is 1. The molecule has 24 heavy (non-hydrogen) atoms. The summed E-state index contributed by atoms with van der Waals surface area (Å²) in [6, 6.07) is 3.18. The fourth-order valence-electron chi connectivity index (χ4n) is 2.22. The largest absolute Gasteiger partial charge is 0.441 e. The van der Waals surface area contributed by atoms with Gasteiger partial charge in [-0.15, -0.1) is 0 Å². The second-order valence-electron chi connectivity index (χ2n) is 5.49. The van der Waals surface area contributed by atoms with Gasteiger partial charge in [0, 0.05) is 25.5 Å². The summed E-state index contributed by atoms with van der Waals surface area (Å²) in [7, 11) is 0. The van der Waals surface area contributed by atoms with Crippen LogP contribution in [0.25, 0.3) is 11.3 Å². The van der Waals surface area contributed by atoms with Crippen molar-refractivity contribution in [1.82, 2.24) is 10.3 Å². The summed E-state index contributed by atoms with van der Waals surface area (Å²) in [6.07, 6.45) is 2.66. The Morgan fingerprint density at radius 1 is 1.42 bits per heavy atom. The summed E-state index contributed by atoms with van der Waals surface area (Å²) >= 11 is 0. The molecule has 0 aliphatic rings. The van der Waals surface area contributed by atoms with E-state index in [1.54, 1.807) is 0 Å². The third kappa shape index (κ3) is 5.13. The SMILES string of the molecule is CCCC(O)CNC(=O)CCc1ncc(-c2ccc(F)cc2F)o1. The number of aryl methyl sites for hydroxylation is 1. The highest BCUT2D eigenvalue weighted by atomic mass is 19.1. The number of hydrogen-bond acceptors (Lipinski definition) is 4. The lowest BCUT2D eigenvalue weighted by Crippen LogP contribution is -2.32. The molecule has 130 valence electrons. The zero-order valence-corrected chi connectivity index (χ0v) is 13.4. The number of nitrogens with one attached hydrogen (secondary N) is 1. The minimum atomic E-state index is -0.736. The number of aliphatic hydroxyl groups is 1. The molecule has 2 N–H and O–H groups in total. The Labute approximate surface area is 138 Å². The highest BCUT2D eigenvalue weighted by Crippen LogP contribution is 2.24. The van der Waals surface area contributed by atoms with E-state index in [2.05, 4.69) is 10.3 Å². The first kappa shape index (κ1) is 18.1. The first-order valence-electron chi connectivity index (χ1n) is 7.84. The quantitative estimate of drug-likeness (QED) is 0.776. The molecule has 1 aromatic heterocycles. The van der Waals surface area contributed by atoms with E-state index >= 15 is 0 Å². The number of nitrogens with zero attached hydrogens (tertiary/aromatic N) is 1. The van der Waals surface area contributed by atoms with Crippen LogP contribution in [0.1, 0.15) is 32.1 Å². The maximum absolute atomic E-state index is 13.7. The number of carbonyl (C=O) groups excluding carboxylic acids is 1. The van der Waals surface area contributed by atoms with Crippen molar-refractivity contribution in [2.75, 3.05) is 6.54 Å². The molecule has 1 atom stereocenters. The first-order chi connectivity index (χ1) is 11.5. The van der Waals surface area contributed by atoms with Crippen LogP contribution >= 0.6 is 0 Å². The number of benzene rings is 1. The molecular weight excluding hydrogens is 318 g/mol. The second kappa shape index (κ2) is 8.54. The maximum atomic E-state index is 13.7. The Balaban J connectivity index is 1.86. The Morgan fingerprint density at radius 3 is 2.92 bits per heavy atom. The van der Waals surface area contributed by atoms with Gasteiger partial charge in [-0.3, -0.25) is 4.79 Å². The summed E-state index contributed by atoms with van der Waals surface area (Å²) in [6.45, 7) is 2.17. The van der Waals surface area contributed by atoms with Gasteiger partial charge in [0.1, 0.15) is 11.6 Å². The Kier molecular flexibility index (Phi) is 6.43. The number of amides is 1. The molecular formula is C17H20F2N2O3. The summed E-state index contributed by atoms with van der Waals surface area (Å²) in [5, 5.41) is 12.2. The molecule has 0 radical (unpaired) electrons. The second-order valence-corrected chi connectivity index (χ2v) is 5.49. The van der Waals surface area contributed by atoms with Crippen LogP contribution < -0.4 is 5.32 Å². The summed E-state index contributed by atoms with van der Waals surface area (Å²) in [4.78, 5) is 15.7. The smallest absolute Gasteiger partial charge is 0.220 e. The van der Waals surface area contributed by atoms with Gasteiger partial charge in [0.15, 0.2) is 11.7 Å². The highest BCUT2D eigenvalue weighted by Gasteiger charge is 2.13. The van der Waals surface area contributed by atoms with Gasteiger partial charge in [-0.1, -0.05) is 13.3 Å². The van der Waals surface area contributed by atoms with Gasteiger partial charge in [-0.2, -0.15) is 0 Å². The lowest BCUT2D eigenvalue weighted by atomic mass is 10.2.